The average molecular weight is 503 g/mol. The second-order valence-corrected chi connectivity index (χ2v) is 9.96. The van der Waals surface area contributed by atoms with Crippen molar-refractivity contribution in [2.45, 2.75) is 24.8 Å². The lowest BCUT2D eigenvalue weighted by Crippen LogP contribution is -2.41. The van der Waals surface area contributed by atoms with E-state index in [4.69, 9.17) is 21.1 Å². The molecule has 1 N–H and O–H groups in total. The summed E-state index contributed by atoms with van der Waals surface area (Å²) in [7, 11) is -0.933. The molecule has 7 nitrogen and oxygen atoms in total. The average Bonchev–Trinajstić information content (AvgIpc) is 2.83. The molecule has 0 unspecified atom stereocenters. The van der Waals surface area contributed by atoms with Gasteiger partial charge in [-0.2, -0.15) is 0 Å². The first kappa shape index (κ1) is 25.4. The highest BCUT2D eigenvalue weighted by atomic mass is 35.5. The fraction of sp³-hybridized carbons (Fsp3) is 0.240. The van der Waals surface area contributed by atoms with E-state index in [0.717, 1.165) is 9.87 Å². The summed E-state index contributed by atoms with van der Waals surface area (Å²) >= 11 is 6.08. The summed E-state index contributed by atoms with van der Waals surface area (Å²) < 4.78 is 38.7. The predicted octanol–water partition coefficient (Wildman–Crippen LogP) is 4.74. The Morgan fingerprint density at radius 1 is 1.00 bits per heavy atom. The molecule has 0 aliphatic rings. The van der Waals surface area contributed by atoms with Crippen molar-refractivity contribution in [1.29, 1.82) is 0 Å². The number of sulfonamides is 1. The number of aryl methyl sites for hydroxylation is 1. The molecule has 0 heterocycles. The molecule has 9 heteroatoms. The van der Waals surface area contributed by atoms with E-state index in [1.54, 1.807) is 62.6 Å². The van der Waals surface area contributed by atoms with Crippen LogP contribution in [-0.4, -0.2) is 35.1 Å². The zero-order valence-electron chi connectivity index (χ0n) is 19.4. The largest absolute Gasteiger partial charge is 0.493 e. The van der Waals surface area contributed by atoms with Crippen molar-refractivity contribution >= 4 is 33.2 Å². The monoisotopic (exact) mass is 502 g/mol. The van der Waals surface area contributed by atoms with E-state index in [0.29, 0.717) is 27.8 Å². The zero-order chi connectivity index (χ0) is 24.9. The molecule has 0 aliphatic heterocycles. The third kappa shape index (κ3) is 5.63. The van der Waals surface area contributed by atoms with Gasteiger partial charge in [0, 0.05) is 5.02 Å². The first-order valence-corrected chi connectivity index (χ1v) is 12.3. The van der Waals surface area contributed by atoms with Crippen LogP contribution >= 0.6 is 11.6 Å². The number of benzene rings is 3. The van der Waals surface area contributed by atoms with Crippen LogP contribution in [0.4, 0.5) is 5.69 Å². The molecule has 34 heavy (non-hydrogen) atoms. The maximum Gasteiger partial charge on any atom is 0.264 e. The van der Waals surface area contributed by atoms with Gasteiger partial charge in [0.05, 0.1) is 30.8 Å². The topological polar surface area (TPSA) is 84.9 Å². The maximum atomic E-state index is 13.5. The first-order chi connectivity index (χ1) is 16.2. The fourth-order valence-corrected chi connectivity index (χ4v) is 5.27. The van der Waals surface area contributed by atoms with Crippen molar-refractivity contribution in [3.8, 4) is 11.5 Å². The minimum atomic E-state index is -4.01. The Morgan fingerprint density at radius 3 is 2.29 bits per heavy atom. The van der Waals surface area contributed by atoms with Crippen LogP contribution in [0, 0.1) is 6.92 Å². The maximum absolute atomic E-state index is 13.5. The minimum absolute atomic E-state index is 0.0880. The number of nitrogens with one attached hydrogen (secondary N) is 1. The Balaban J connectivity index is 1.90. The second-order valence-electron chi connectivity index (χ2n) is 7.66. The van der Waals surface area contributed by atoms with Gasteiger partial charge in [-0.1, -0.05) is 35.9 Å². The predicted molar refractivity (Wildman–Crippen MR) is 133 cm³/mol. The molecule has 1 amide bonds. The SMILES string of the molecule is COc1ccc([C@H](C)NC(=O)CN(c2ccc(Cl)cc2C)S(=O)(=O)c2ccccc2)cc1OC. The number of nitrogens with zero attached hydrogens (tertiary/aromatic N) is 1. The molecule has 0 bridgehead atoms. The number of hydrogen-bond acceptors (Lipinski definition) is 5. The number of rotatable bonds is 9. The highest BCUT2D eigenvalue weighted by molar-refractivity contribution is 7.92. The number of halogens is 1. The standard InChI is InChI=1S/C25H27ClN2O5S/c1-17-14-20(26)11-12-22(17)28(34(30,31)21-8-6-5-7-9-21)16-25(29)27-18(2)19-10-13-23(32-3)24(15-19)33-4/h5-15,18H,16H2,1-4H3,(H,27,29)/t18-/m0/s1. The highest BCUT2D eigenvalue weighted by Crippen LogP contribution is 2.31. The van der Waals surface area contributed by atoms with Crippen molar-refractivity contribution in [2.24, 2.45) is 0 Å². The third-order valence-corrected chi connectivity index (χ3v) is 7.34. The van der Waals surface area contributed by atoms with E-state index >= 15 is 0 Å². The smallest absolute Gasteiger partial charge is 0.264 e. The Labute approximate surface area is 205 Å². The summed E-state index contributed by atoms with van der Waals surface area (Å²) in [6.07, 6.45) is 0. The molecule has 0 aliphatic carbocycles. The number of amides is 1. The summed E-state index contributed by atoms with van der Waals surface area (Å²) in [5.74, 6) is 0.644. The Kier molecular flexibility index (Phi) is 8.06. The molecule has 0 saturated carbocycles. The summed E-state index contributed by atoms with van der Waals surface area (Å²) in [5, 5.41) is 3.35. The van der Waals surface area contributed by atoms with Crippen LogP contribution in [0.1, 0.15) is 24.1 Å². The first-order valence-electron chi connectivity index (χ1n) is 10.5. The van der Waals surface area contributed by atoms with Crippen molar-refractivity contribution in [3.63, 3.8) is 0 Å². The van der Waals surface area contributed by atoms with Crippen molar-refractivity contribution in [1.82, 2.24) is 5.32 Å². The second kappa shape index (κ2) is 10.8. The Bertz CT molecular complexity index is 1270. The molecule has 1 atom stereocenters. The summed E-state index contributed by atoms with van der Waals surface area (Å²) in [5.41, 5.74) is 1.79. The number of methoxy groups -OCH3 is 2. The molecule has 0 spiro atoms. The van der Waals surface area contributed by atoms with Gasteiger partial charge in [0.15, 0.2) is 11.5 Å². The Morgan fingerprint density at radius 2 is 1.68 bits per heavy atom. The lowest BCUT2D eigenvalue weighted by atomic mass is 10.1. The summed E-state index contributed by atoms with van der Waals surface area (Å²) in [4.78, 5) is 13.1. The van der Waals surface area contributed by atoms with Gasteiger partial charge in [-0.05, 0) is 67.4 Å². The van der Waals surface area contributed by atoms with Gasteiger partial charge in [0.2, 0.25) is 5.91 Å². The number of carbonyl (C=O) groups is 1. The molecular weight excluding hydrogens is 476 g/mol. The molecule has 0 saturated heterocycles. The molecule has 3 rings (SSSR count). The van der Waals surface area contributed by atoms with Gasteiger partial charge >= 0.3 is 0 Å². The quantitative estimate of drug-likeness (QED) is 0.457. The van der Waals surface area contributed by atoms with E-state index in [-0.39, 0.29) is 4.90 Å². The molecule has 3 aromatic carbocycles. The van der Waals surface area contributed by atoms with Crippen molar-refractivity contribution in [3.05, 3.63) is 82.9 Å². The summed E-state index contributed by atoms with van der Waals surface area (Å²) in [6.45, 7) is 3.15. The van der Waals surface area contributed by atoms with Crippen LogP contribution in [0.2, 0.25) is 5.02 Å². The van der Waals surface area contributed by atoms with E-state index in [9.17, 15) is 13.2 Å². The number of carbonyl (C=O) groups excluding carboxylic acids is 1. The van der Waals surface area contributed by atoms with Gasteiger partial charge < -0.3 is 14.8 Å². The van der Waals surface area contributed by atoms with E-state index in [2.05, 4.69) is 5.32 Å². The van der Waals surface area contributed by atoms with Crippen LogP contribution in [0.5, 0.6) is 11.5 Å². The number of anilines is 1. The molecular formula is C25H27ClN2O5S. The summed E-state index contributed by atoms with van der Waals surface area (Å²) in [6, 6.07) is 17.8. The van der Waals surface area contributed by atoms with Gasteiger partial charge in [-0.25, -0.2) is 8.42 Å². The van der Waals surface area contributed by atoms with Gasteiger partial charge in [-0.3, -0.25) is 9.10 Å². The number of hydrogen-bond donors (Lipinski definition) is 1. The zero-order valence-corrected chi connectivity index (χ0v) is 21.0. The van der Waals surface area contributed by atoms with Crippen LogP contribution in [0.25, 0.3) is 0 Å². The third-order valence-electron chi connectivity index (χ3n) is 5.33. The van der Waals surface area contributed by atoms with Crippen molar-refractivity contribution in [2.75, 3.05) is 25.1 Å². The van der Waals surface area contributed by atoms with Gasteiger partial charge in [0.25, 0.3) is 10.0 Å². The fourth-order valence-electron chi connectivity index (χ4n) is 3.54. The number of ether oxygens (including phenoxy) is 2. The minimum Gasteiger partial charge on any atom is -0.493 e. The van der Waals surface area contributed by atoms with E-state index in [1.807, 2.05) is 13.0 Å². The van der Waals surface area contributed by atoms with Crippen LogP contribution in [0.3, 0.4) is 0 Å². The molecule has 0 radical (unpaired) electrons. The molecule has 0 aromatic heterocycles. The normalized spacial score (nSPS) is 12.0. The highest BCUT2D eigenvalue weighted by Gasteiger charge is 2.28. The van der Waals surface area contributed by atoms with Crippen LogP contribution < -0.4 is 19.1 Å². The van der Waals surface area contributed by atoms with Gasteiger partial charge in [0.1, 0.15) is 6.54 Å². The van der Waals surface area contributed by atoms with Crippen molar-refractivity contribution < 1.29 is 22.7 Å². The molecule has 3 aromatic rings. The lowest BCUT2D eigenvalue weighted by Gasteiger charge is -2.26. The van der Waals surface area contributed by atoms with E-state index < -0.39 is 28.5 Å². The molecule has 180 valence electrons. The van der Waals surface area contributed by atoms with Crippen LogP contribution in [-0.2, 0) is 14.8 Å². The molecule has 0 fully saturated rings. The lowest BCUT2D eigenvalue weighted by molar-refractivity contribution is -0.120. The Hall–Kier alpha value is -3.23. The van der Waals surface area contributed by atoms with E-state index in [1.165, 1.54) is 19.2 Å². The van der Waals surface area contributed by atoms with Crippen LogP contribution in [0.15, 0.2) is 71.6 Å². The van der Waals surface area contributed by atoms with Gasteiger partial charge in [-0.15, -0.1) is 0 Å².